The number of hydrogen-bond donors (Lipinski definition) is 0. The molecule has 7 aromatic rings. The van der Waals surface area contributed by atoms with Gasteiger partial charge in [0.1, 0.15) is 0 Å². The molecule has 0 saturated carbocycles. The first-order valence-corrected chi connectivity index (χ1v) is 14.5. The SMILES string of the molecule is Brc1cccc(C2(c3cccc(-c4cc5ccccc5c5ccccc45)c3)c3ccccc3-c3ccccc32)c1. The number of halogens is 1. The third-order valence-electron chi connectivity index (χ3n) is 8.58. The molecule has 188 valence electrons. The molecule has 0 saturated heterocycles. The van der Waals surface area contributed by atoms with Crippen LogP contribution in [0.4, 0.5) is 0 Å². The second-order valence-electron chi connectivity index (χ2n) is 10.6. The molecule has 0 bridgehead atoms. The van der Waals surface area contributed by atoms with E-state index in [1.165, 1.54) is 66.1 Å². The van der Waals surface area contributed by atoms with Gasteiger partial charge in [-0.25, -0.2) is 0 Å². The zero-order chi connectivity index (χ0) is 26.7. The lowest BCUT2D eigenvalue weighted by Gasteiger charge is -2.34. The molecule has 0 unspecified atom stereocenters. The minimum atomic E-state index is -0.431. The Morgan fingerprint density at radius 1 is 0.400 bits per heavy atom. The molecule has 8 rings (SSSR count). The lowest BCUT2D eigenvalue weighted by molar-refractivity contribution is 0.768. The van der Waals surface area contributed by atoms with Crippen molar-refractivity contribution in [1.82, 2.24) is 0 Å². The van der Waals surface area contributed by atoms with Crippen molar-refractivity contribution in [2.75, 3.05) is 0 Å². The standard InChI is InChI=1S/C39H25Br/c40-30-15-10-14-29(25-30)39(37-21-7-5-19-34(37)35-20-6-8-22-38(35)39)28-13-9-12-26(23-28)36-24-27-11-1-2-16-31(27)32-17-3-4-18-33(32)36/h1-25H. The van der Waals surface area contributed by atoms with Gasteiger partial charge in [-0.1, -0.05) is 143 Å². The van der Waals surface area contributed by atoms with Crippen LogP contribution < -0.4 is 0 Å². The molecule has 1 aliphatic rings. The number of benzene rings is 7. The summed E-state index contributed by atoms with van der Waals surface area (Å²) in [4.78, 5) is 0. The summed E-state index contributed by atoms with van der Waals surface area (Å²) in [6, 6.07) is 55.8. The largest absolute Gasteiger partial charge is 0.0714 e. The summed E-state index contributed by atoms with van der Waals surface area (Å²) >= 11 is 3.79. The van der Waals surface area contributed by atoms with Gasteiger partial charge < -0.3 is 0 Å². The maximum absolute atomic E-state index is 3.79. The van der Waals surface area contributed by atoms with Crippen LogP contribution in [-0.4, -0.2) is 0 Å². The molecule has 0 N–H and O–H groups in total. The monoisotopic (exact) mass is 572 g/mol. The van der Waals surface area contributed by atoms with Gasteiger partial charge in [-0.05, 0) is 90.3 Å². The van der Waals surface area contributed by atoms with Crippen LogP contribution in [0.15, 0.2) is 156 Å². The predicted molar refractivity (Wildman–Crippen MR) is 172 cm³/mol. The molecule has 0 heterocycles. The fourth-order valence-corrected chi connectivity index (χ4v) is 7.36. The number of fused-ring (bicyclic) bond motifs is 6. The van der Waals surface area contributed by atoms with Crippen LogP contribution in [0.5, 0.6) is 0 Å². The number of hydrogen-bond acceptors (Lipinski definition) is 0. The second-order valence-corrected chi connectivity index (χ2v) is 11.5. The van der Waals surface area contributed by atoms with Crippen molar-refractivity contribution in [2.24, 2.45) is 0 Å². The summed E-state index contributed by atoms with van der Waals surface area (Å²) in [5.41, 5.74) is 9.87. The fraction of sp³-hybridized carbons (Fsp3) is 0.0256. The molecule has 0 atom stereocenters. The molecule has 0 nitrogen and oxygen atoms in total. The lowest BCUT2D eigenvalue weighted by Crippen LogP contribution is -2.28. The third-order valence-corrected chi connectivity index (χ3v) is 9.08. The van der Waals surface area contributed by atoms with Gasteiger partial charge in [0.25, 0.3) is 0 Å². The summed E-state index contributed by atoms with van der Waals surface area (Å²) in [5.74, 6) is 0. The normalized spacial score (nSPS) is 13.3. The topological polar surface area (TPSA) is 0 Å². The minimum absolute atomic E-state index is 0.431. The van der Waals surface area contributed by atoms with Crippen LogP contribution >= 0.6 is 15.9 Å². The Kier molecular flexibility index (Phi) is 5.30. The molecule has 40 heavy (non-hydrogen) atoms. The van der Waals surface area contributed by atoms with Gasteiger partial charge in [-0.3, -0.25) is 0 Å². The Balaban J connectivity index is 1.47. The Morgan fingerprint density at radius 2 is 0.975 bits per heavy atom. The first-order chi connectivity index (χ1) is 19.7. The zero-order valence-electron chi connectivity index (χ0n) is 21.8. The molecule has 0 aromatic heterocycles. The molecule has 0 amide bonds. The smallest absolute Gasteiger partial charge is 0.0619 e. The van der Waals surface area contributed by atoms with E-state index in [1.807, 2.05) is 0 Å². The van der Waals surface area contributed by atoms with Crippen LogP contribution in [0.1, 0.15) is 22.3 Å². The molecule has 0 aliphatic heterocycles. The highest BCUT2D eigenvalue weighted by Crippen LogP contribution is 2.56. The van der Waals surface area contributed by atoms with Gasteiger partial charge in [-0.2, -0.15) is 0 Å². The highest BCUT2D eigenvalue weighted by atomic mass is 79.9. The van der Waals surface area contributed by atoms with Crippen LogP contribution in [0, 0.1) is 0 Å². The van der Waals surface area contributed by atoms with E-state index in [9.17, 15) is 0 Å². The average molecular weight is 574 g/mol. The lowest BCUT2D eigenvalue weighted by atomic mass is 9.67. The zero-order valence-corrected chi connectivity index (χ0v) is 23.4. The van der Waals surface area contributed by atoms with Gasteiger partial charge in [0.2, 0.25) is 0 Å². The van der Waals surface area contributed by atoms with E-state index in [1.54, 1.807) is 0 Å². The van der Waals surface area contributed by atoms with Crippen molar-refractivity contribution in [3.8, 4) is 22.3 Å². The Morgan fingerprint density at radius 3 is 1.70 bits per heavy atom. The van der Waals surface area contributed by atoms with E-state index in [0.717, 1.165) is 4.47 Å². The van der Waals surface area contributed by atoms with Gasteiger partial charge >= 0.3 is 0 Å². The predicted octanol–water partition coefficient (Wildman–Crippen LogP) is 10.8. The van der Waals surface area contributed by atoms with E-state index in [4.69, 9.17) is 0 Å². The quantitative estimate of drug-likeness (QED) is 0.185. The summed E-state index contributed by atoms with van der Waals surface area (Å²) in [6.07, 6.45) is 0. The molecule has 0 spiro atoms. The van der Waals surface area contributed by atoms with Crippen molar-refractivity contribution in [3.05, 3.63) is 178 Å². The Hall–Kier alpha value is -4.46. The molecule has 1 aliphatic carbocycles. The Bertz CT molecular complexity index is 2040. The molecular weight excluding hydrogens is 548 g/mol. The van der Waals surface area contributed by atoms with Crippen LogP contribution in [-0.2, 0) is 5.41 Å². The molecule has 0 radical (unpaired) electrons. The van der Waals surface area contributed by atoms with Crippen molar-refractivity contribution in [3.63, 3.8) is 0 Å². The van der Waals surface area contributed by atoms with Crippen molar-refractivity contribution in [1.29, 1.82) is 0 Å². The maximum Gasteiger partial charge on any atom is 0.0714 e. The van der Waals surface area contributed by atoms with Gasteiger partial charge in [0.05, 0.1) is 5.41 Å². The summed E-state index contributed by atoms with van der Waals surface area (Å²) < 4.78 is 1.09. The van der Waals surface area contributed by atoms with Crippen molar-refractivity contribution >= 4 is 37.5 Å². The minimum Gasteiger partial charge on any atom is -0.0619 e. The summed E-state index contributed by atoms with van der Waals surface area (Å²) in [5, 5.41) is 5.13. The van der Waals surface area contributed by atoms with E-state index in [2.05, 4.69) is 168 Å². The molecular formula is C39H25Br. The second kappa shape index (κ2) is 9.05. The fourth-order valence-electron chi connectivity index (χ4n) is 6.96. The molecule has 7 aromatic carbocycles. The first-order valence-electron chi connectivity index (χ1n) is 13.7. The van der Waals surface area contributed by atoms with Crippen LogP contribution in [0.25, 0.3) is 43.8 Å². The van der Waals surface area contributed by atoms with E-state index >= 15 is 0 Å². The summed E-state index contributed by atoms with van der Waals surface area (Å²) in [6.45, 7) is 0. The van der Waals surface area contributed by atoms with E-state index in [-0.39, 0.29) is 0 Å². The van der Waals surface area contributed by atoms with Crippen LogP contribution in [0.3, 0.4) is 0 Å². The highest BCUT2D eigenvalue weighted by Gasteiger charge is 2.46. The average Bonchev–Trinajstić information content (AvgIpc) is 3.32. The number of rotatable bonds is 3. The third kappa shape index (κ3) is 3.31. The maximum atomic E-state index is 3.79. The van der Waals surface area contributed by atoms with Crippen molar-refractivity contribution in [2.45, 2.75) is 5.41 Å². The first kappa shape index (κ1) is 23.4. The van der Waals surface area contributed by atoms with Crippen LogP contribution in [0.2, 0.25) is 0 Å². The summed E-state index contributed by atoms with van der Waals surface area (Å²) in [7, 11) is 0. The molecule has 1 heteroatoms. The molecule has 0 fully saturated rings. The highest BCUT2D eigenvalue weighted by molar-refractivity contribution is 9.10. The van der Waals surface area contributed by atoms with Crippen molar-refractivity contribution < 1.29 is 0 Å². The van der Waals surface area contributed by atoms with E-state index in [0.29, 0.717) is 0 Å². The Labute approximate surface area is 242 Å². The van der Waals surface area contributed by atoms with Gasteiger partial charge in [0.15, 0.2) is 0 Å². The van der Waals surface area contributed by atoms with Gasteiger partial charge in [-0.15, -0.1) is 0 Å². The van der Waals surface area contributed by atoms with Gasteiger partial charge in [0, 0.05) is 4.47 Å². The van der Waals surface area contributed by atoms with E-state index < -0.39 is 5.41 Å².